The second-order valence-corrected chi connectivity index (χ2v) is 7.77. The van der Waals surface area contributed by atoms with Crippen molar-refractivity contribution in [2.24, 2.45) is 0 Å². The minimum atomic E-state index is -3.27. The number of H-pyrrole nitrogens is 1. The normalized spacial score (nSPS) is 14.7. The Labute approximate surface area is 134 Å². The van der Waals surface area contributed by atoms with Gasteiger partial charge in [0.1, 0.15) is 0 Å². The van der Waals surface area contributed by atoms with Crippen LogP contribution in [-0.2, 0) is 27.9 Å². The summed E-state index contributed by atoms with van der Waals surface area (Å²) in [6.07, 6.45) is 1.19. The number of hydrogen-bond donors (Lipinski definition) is 2. The molecule has 7 nitrogen and oxygen atoms in total. The van der Waals surface area contributed by atoms with Gasteiger partial charge in [-0.1, -0.05) is 11.6 Å². The van der Waals surface area contributed by atoms with Gasteiger partial charge in [0.15, 0.2) is 0 Å². The number of nitrogens with zero attached hydrogens (tertiary/aromatic N) is 2. The third kappa shape index (κ3) is 2.99. The summed E-state index contributed by atoms with van der Waals surface area (Å²) in [6, 6.07) is 5.69. The first-order valence-corrected chi connectivity index (χ1v) is 9.00. The highest BCUT2D eigenvalue weighted by molar-refractivity contribution is 7.88. The number of benzene rings is 1. The van der Waals surface area contributed by atoms with Crippen molar-refractivity contribution in [1.29, 1.82) is 0 Å². The Bertz CT molecular complexity index is 886. The molecule has 0 fully saturated rings. The van der Waals surface area contributed by atoms with Gasteiger partial charge in [-0.05, 0) is 19.1 Å². The maximum absolute atomic E-state index is 11.7. The lowest BCUT2D eigenvalue weighted by Gasteiger charge is -2.13. The maximum atomic E-state index is 11.7. The fraction of sp³-hybridized carbons (Fsp3) is 0.333. The number of aromatic nitrogens is 2. The third-order valence-corrected chi connectivity index (χ3v) is 5.03. The van der Waals surface area contributed by atoms with Crippen LogP contribution in [0.25, 0.3) is 11.3 Å². The van der Waals surface area contributed by atoms with Crippen molar-refractivity contribution in [2.45, 2.75) is 26.9 Å². The van der Waals surface area contributed by atoms with E-state index in [4.69, 9.17) is 0 Å². The van der Waals surface area contributed by atoms with Gasteiger partial charge in [-0.3, -0.25) is 9.89 Å². The number of carbonyl (C=O) groups excluding carboxylic acids is 1. The minimum Gasteiger partial charge on any atom is -0.326 e. The number of amides is 1. The Hall–Kier alpha value is -2.19. The van der Waals surface area contributed by atoms with Crippen molar-refractivity contribution < 1.29 is 13.2 Å². The topological polar surface area (TPSA) is 95.2 Å². The van der Waals surface area contributed by atoms with Crippen LogP contribution in [0.3, 0.4) is 0 Å². The van der Waals surface area contributed by atoms with E-state index in [1.807, 2.05) is 25.1 Å². The molecule has 1 aromatic heterocycles. The molecule has 2 heterocycles. The Balaban J connectivity index is 2.06. The minimum absolute atomic E-state index is 0.163. The van der Waals surface area contributed by atoms with Gasteiger partial charge in [0.05, 0.1) is 29.9 Å². The van der Waals surface area contributed by atoms with Gasteiger partial charge in [-0.2, -0.15) is 9.40 Å². The first kappa shape index (κ1) is 15.7. The van der Waals surface area contributed by atoms with E-state index in [-0.39, 0.29) is 19.0 Å². The molecule has 3 rings (SSSR count). The summed E-state index contributed by atoms with van der Waals surface area (Å²) in [5, 5.41) is 10.0. The van der Waals surface area contributed by atoms with Crippen molar-refractivity contribution in [3.8, 4) is 11.3 Å². The number of hydrogen-bond acceptors (Lipinski definition) is 4. The second kappa shape index (κ2) is 5.47. The Kier molecular flexibility index (Phi) is 3.73. The predicted molar refractivity (Wildman–Crippen MR) is 87.2 cm³/mol. The molecule has 1 aromatic carbocycles. The number of aromatic amines is 1. The molecule has 1 amide bonds. The summed E-state index contributed by atoms with van der Waals surface area (Å²) in [6.45, 7) is 3.96. The summed E-state index contributed by atoms with van der Waals surface area (Å²) >= 11 is 0. The number of sulfonamides is 1. The number of fused-ring (bicyclic) bond motifs is 1. The van der Waals surface area contributed by atoms with E-state index in [9.17, 15) is 13.2 Å². The molecule has 0 atom stereocenters. The molecule has 0 saturated carbocycles. The van der Waals surface area contributed by atoms with Gasteiger partial charge in [-0.15, -0.1) is 0 Å². The quantitative estimate of drug-likeness (QED) is 0.891. The molecule has 0 unspecified atom stereocenters. The van der Waals surface area contributed by atoms with Crippen LogP contribution in [0.1, 0.15) is 23.7 Å². The van der Waals surface area contributed by atoms with E-state index >= 15 is 0 Å². The summed E-state index contributed by atoms with van der Waals surface area (Å²) in [4.78, 5) is 11.4. The van der Waals surface area contributed by atoms with E-state index in [0.717, 1.165) is 28.1 Å². The van der Waals surface area contributed by atoms with Crippen LogP contribution >= 0.6 is 0 Å². The molecule has 8 heteroatoms. The van der Waals surface area contributed by atoms with Crippen LogP contribution in [0.5, 0.6) is 0 Å². The summed E-state index contributed by atoms with van der Waals surface area (Å²) in [5.74, 6) is -0.163. The van der Waals surface area contributed by atoms with E-state index < -0.39 is 10.0 Å². The van der Waals surface area contributed by atoms with Crippen molar-refractivity contribution >= 4 is 21.6 Å². The first-order valence-electron chi connectivity index (χ1n) is 7.15. The maximum Gasteiger partial charge on any atom is 0.221 e. The van der Waals surface area contributed by atoms with E-state index in [1.54, 1.807) is 0 Å². The van der Waals surface area contributed by atoms with Gasteiger partial charge in [-0.25, -0.2) is 8.42 Å². The SMILES string of the molecule is CC(=O)Nc1ccc(C)cc1-c1[nH]nc2c1CN(S(C)(=O)=O)C2. The first-order chi connectivity index (χ1) is 10.8. The Morgan fingerprint density at radius 1 is 1.35 bits per heavy atom. The molecule has 122 valence electrons. The zero-order chi connectivity index (χ0) is 16.8. The molecule has 2 N–H and O–H groups in total. The molecule has 0 bridgehead atoms. The largest absolute Gasteiger partial charge is 0.326 e. The number of carbonyl (C=O) groups is 1. The Morgan fingerprint density at radius 2 is 2.09 bits per heavy atom. The van der Waals surface area contributed by atoms with Crippen LogP contribution < -0.4 is 5.32 Å². The van der Waals surface area contributed by atoms with Crippen LogP contribution in [0.2, 0.25) is 0 Å². The smallest absolute Gasteiger partial charge is 0.221 e. The molecular weight excluding hydrogens is 316 g/mol. The fourth-order valence-electron chi connectivity index (χ4n) is 2.72. The lowest BCUT2D eigenvalue weighted by Crippen LogP contribution is -2.24. The highest BCUT2D eigenvalue weighted by Crippen LogP contribution is 2.35. The lowest BCUT2D eigenvalue weighted by molar-refractivity contribution is -0.114. The molecule has 2 aromatic rings. The molecule has 23 heavy (non-hydrogen) atoms. The average molecular weight is 334 g/mol. The van der Waals surface area contributed by atoms with Gasteiger partial charge < -0.3 is 5.32 Å². The van der Waals surface area contributed by atoms with Crippen molar-refractivity contribution in [2.75, 3.05) is 11.6 Å². The summed E-state index contributed by atoms with van der Waals surface area (Å²) < 4.78 is 24.9. The molecule has 0 radical (unpaired) electrons. The second-order valence-electron chi connectivity index (χ2n) is 5.79. The Morgan fingerprint density at radius 3 is 2.74 bits per heavy atom. The van der Waals surface area contributed by atoms with E-state index in [1.165, 1.54) is 17.5 Å². The third-order valence-electron chi connectivity index (χ3n) is 3.84. The number of aryl methyl sites for hydroxylation is 1. The summed E-state index contributed by atoms with van der Waals surface area (Å²) in [7, 11) is -3.27. The molecule has 1 aliphatic heterocycles. The van der Waals surface area contributed by atoms with Gasteiger partial charge in [0, 0.05) is 24.6 Å². The average Bonchev–Trinajstić information content (AvgIpc) is 2.99. The number of anilines is 1. The standard InChI is InChI=1S/C15H18N4O3S/c1-9-4-5-13(16-10(2)20)11(6-9)15-12-7-19(23(3,21)22)8-14(12)17-18-15/h4-6H,7-8H2,1-3H3,(H,16,20)(H,17,18). The molecule has 1 aliphatic rings. The number of nitrogens with one attached hydrogen (secondary N) is 2. The van der Waals surface area contributed by atoms with E-state index in [0.29, 0.717) is 5.69 Å². The molecule has 0 aliphatic carbocycles. The predicted octanol–water partition coefficient (Wildman–Crippen LogP) is 1.62. The van der Waals surface area contributed by atoms with Gasteiger partial charge in [0.25, 0.3) is 0 Å². The lowest BCUT2D eigenvalue weighted by atomic mass is 10.0. The van der Waals surface area contributed by atoms with Crippen LogP contribution in [0.4, 0.5) is 5.69 Å². The van der Waals surface area contributed by atoms with Crippen molar-refractivity contribution in [3.05, 3.63) is 35.0 Å². The van der Waals surface area contributed by atoms with E-state index in [2.05, 4.69) is 15.5 Å². The zero-order valence-electron chi connectivity index (χ0n) is 13.2. The molecule has 0 saturated heterocycles. The van der Waals surface area contributed by atoms with Gasteiger partial charge >= 0.3 is 0 Å². The molecular formula is C15H18N4O3S. The van der Waals surface area contributed by atoms with Crippen LogP contribution in [0.15, 0.2) is 18.2 Å². The summed E-state index contributed by atoms with van der Waals surface area (Å²) in [5.41, 5.74) is 4.85. The highest BCUT2D eigenvalue weighted by Gasteiger charge is 2.31. The highest BCUT2D eigenvalue weighted by atomic mass is 32.2. The van der Waals surface area contributed by atoms with Gasteiger partial charge in [0.2, 0.25) is 15.9 Å². The van der Waals surface area contributed by atoms with Crippen LogP contribution in [-0.4, -0.2) is 35.1 Å². The fourth-order valence-corrected chi connectivity index (χ4v) is 3.44. The zero-order valence-corrected chi connectivity index (χ0v) is 14.0. The van der Waals surface area contributed by atoms with Crippen LogP contribution in [0, 0.1) is 6.92 Å². The molecule has 0 spiro atoms. The monoisotopic (exact) mass is 334 g/mol. The van der Waals surface area contributed by atoms with Crippen molar-refractivity contribution in [1.82, 2.24) is 14.5 Å². The number of rotatable bonds is 3. The van der Waals surface area contributed by atoms with Crippen molar-refractivity contribution in [3.63, 3.8) is 0 Å².